The molecule has 2 heterocycles. The van der Waals surface area contributed by atoms with Gasteiger partial charge in [0.2, 0.25) is 5.91 Å². The second kappa shape index (κ2) is 7.61. The van der Waals surface area contributed by atoms with E-state index >= 15 is 0 Å². The normalized spacial score (nSPS) is 15.6. The first kappa shape index (κ1) is 15.3. The molecule has 114 valence electrons. The number of nitrogens with zero attached hydrogens (tertiary/aromatic N) is 2. The molecular weight excluding hydrogens is 270 g/mol. The van der Waals surface area contributed by atoms with Crippen LogP contribution in [0.4, 0.5) is 0 Å². The number of rotatable bonds is 5. The number of carbonyl (C=O) groups excluding carboxylic acids is 2. The number of hydrogen-bond donors (Lipinski definition) is 1. The lowest BCUT2D eigenvalue weighted by atomic mass is 10.2. The molecule has 0 saturated carbocycles. The number of amides is 2. The van der Waals surface area contributed by atoms with Crippen molar-refractivity contribution >= 4 is 11.8 Å². The van der Waals surface area contributed by atoms with Crippen molar-refractivity contribution in [2.75, 3.05) is 19.6 Å². The fraction of sp³-hybridized carbons (Fsp3) is 0.533. The van der Waals surface area contributed by atoms with Crippen LogP contribution in [0, 0.1) is 5.21 Å². The number of pyridine rings is 1. The van der Waals surface area contributed by atoms with Crippen LogP contribution in [0.2, 0.25) is 0 Å². The lowest BCUT2D eigenvalue weighted by Gasteiger charge is -2.20. The molecule has 1 aromatic rings. The maximum absolute atomic E-state index is 11.8. The highest BCUT2D eigenvalue weighted by atomic mass is 16.5. The summed E-state index contributed by atoms with van der Waals surface area (Å²) in [6, 6.07) is 2.97. The van der Waals surface area contributed by atoms with Crippen LogP contribution in [0.15, 0.2) is 24.5 Å². The fourth-order valence-corrected chi connectivity index (χ4v) is 2.41. The predicted molar refractivity (Wildman–Crippen MR) is 77.4 cm³/mol. The van der Waals surface area contributed by atoms with Crippen LogP contribution in [-0.2, 0) is 4.79 Å². The summed E-state index contributed by atoms with van der Waals surface area (Å²) in [6.07, 6.45) is 7.15. The largest absolute Gasteiger partial charge is 0.619 e. The summed E-state index contributed by atoms with van der Waals surface area (Å²) in [5.74, 6) is 0.0275. The van der Waals surface area contributed by atoms with E-state index in [1.165, 1.54) is 24.5 Å². The monoisotopic (exact) mass is 291 g/mol. The van der Waals surface area contributed by atoms with E-state index in [9.17, 15) is 14.8 Å². The highest BCUT2D eigenvalue weighted by Crippen LogP contribution is 2.11. The SMILES string of the molecule is O=C(NCCCN1CCCCCC1=O)c1cc[n+]([O-])cc1. The number of hydrogen-bond acceptors (Lipinski definition) is 3. The zero-order valence-electron chi connectivity index (χ0n) is 12.1. The summed E-state index contributed by atoms with van der Waals surface area (Å²) >= 11 is 0. The van der Waals surface area contributed by atoms with E-state index in [0.717, 1.165) is 32.2 Å². The molecule has 0 aliphatic carbocycles. The molecule has 0 spiro atoms. The van der Waals surface area contributed by atoms with Crippen molar-refractivity contribution in [3.05, 3.63) is 35.3 Å². The molecule has 1 saturated heterocycles. The van der Waals surface area contributed by atoms with E-state index in [-0.39, 0.29) is 11.8 Å². The minimum Gasteiger partial charge on any atom is -0.619 e. The van der Waals surface area contributed by atoms with Crippen molar-refractivity contribution in [1.82, 2.24) is 10.2 Å². The molecule has 21 heavy (non-hydrogen) atoms. The Morgan fingerprint density at radius 3 is 2.81 bits per heavy atom. The molecule has 2 rings (SSSR count). The van der Waals surface area contributed by atoms with E-state index in [1.807, 2.05) is 4.90 Å². The maximum Gasteiger partial charge on any atom is 0.251 e. The quantitative estimate of drug-likeness (QED) is 0.496. The van der Waals surface area contributed by atoms with Crippen molar-refractivity contribution in [1.29, 1.82) is 0 Å². The number of nitrogens with one attached hydrogen (secondary N) is 1. The molecule has 0 bridgehead atoms. The minimum atomic E-state index is -0.196. The maximum atomic E-state index is 11.8. The number of likely N-dealkylation sites (tertiary alicyclic amines) is 1. The third kappa shape index (κ3) is 4.73. The van der Waals surface area contributed by atoms with Crippen molar-refractivity contribution in [2.24, 2.45) is 0 Å². The average Bonchev–Trinajstić information content (AvgIpc) is 2.69. The van der Waals surface area contributed by atoms with Gasteiger partial charge in [-0.2, -0.15) is 4.73 Å². The van der Waals surface area contributed by atoms with E-state index in [1.54, 1.807) is 0 Å². The summed E-state index contributed by atoms with van der Waals surface area (Å²) < 4.78 is 0.641. The number of carbonyl (C=O) groups is 2. The lowest BCUT2D eigenvalue weighted by Crippen LogP contribution is -2.34. The first-order valence-corrected chi connectivity index (χ1v) is 7.41. The van der Waals surface area contributed by atoms with Gasteiger partial charge in [0.1, 0.15) is 0 Å². The zero-order valence-corrected chi connectivity index (χ0v) is 12.1. The Balaban J connectivity index is 1.70. The van der Waals surface area contributed by atoms with Gasteiger partial charge in [0, 0.05) is 38.2 Å². The van der Waals surface area contributed by atoms with Crippen molar-refractivity contribution in [2.45, 2.75) is 32.1 Å². The summed E-state index contributed by atoms with van der Waals surface area (Å²) in [5.41, 5.74) is 0.466. The molecule has 1 aliphatic heterocycles. The van der Waals surface area contributed by atoms with Crippen LogP contribution in [0.5, 0.6) is 0 Å². The van der Waals surface area contributed by atoms with Gasteiger partial charge in [-0.3, -0.25) is 9.59 Å². The van der Waals surface area contributed by atoms with Crippen LogP contribution >= 0.6 is 0 Å². The highest BCUT2D eigenvalue weighted by Gasteiger charge is 2.15. The second-order valence-corrected chi connectivity index (χ2v) is 5.25. The Morgan fingerprint density at radius 2 is 2.05 bits per heavy atom. The van der Waals surface area contributed by atoms with E-state index in [4.69, 9.17) is 0 Å². The molecule has 0 aromatic carbocycles. The van der Waals surface area contributed by atoms with Gasteiger partial charge in [-0.1, -0.05) is 6.42 Å². The molecule has 2 amide bonds. The molecule has 6 heteroatoms. The lowest BCUT2D eigenvalue weighted by molar-refractivity contribution is -0.605. The Morgan fingerprint density at radius 1 is 1.29 bits per heavy atom. The first-order valence-electron chi connectivity index (χ1n) is 7.41. The Kier molecular flexibility index (Phi) is 5.54. The topological polar surface area (TPSA) is 76.4 Å². The van der Waals surface area contributed by atoms with Crippen LogP contribution in [0.25, 0.3) is 0 Å². The minimum absolute atomic E-state index is 0.196. The molecule has 0 unspecified atom stereocenters. The molecule has 6 nitrogen and oxygen atoms in total. The van der Waals surface area contributed by atoms with E-state index in [2.05, 4.69) is 5.32 Å². The Labute approximate surface area is 124 Å². The second-order valence-electron chi connectivity index (χ2n) is 5.25. The van der Waals surface area contributed by atoms with Gasteiger partial charge >= 0.3 is 0 Å². The summed E-state index contributed by atoms with van der Waals surface area (Å²) in [5, 5.41) is 13.7. The molecule has 1 fully saturated rings. The number of aromatic nitrogens is 1. The van der Waals surface area contributed by atoms with Crippen LogP contribution in [0.3, 0.4) is 0 Å². The van der Waals surface area contributed by atoms with Gasteiger partial charge in [0.25, 0.3) is 5.91 Å². The molecule has 1 aromatic heterocycles. The van der Waals surface area contributed by atoms with Crippen molar-refractivity contribution in [3.63, 3.8) is 0 Å². The molecular formula is C15H21N3O3. The Hall–Kier alpha value is -2.11. The van der Waals surface area contributed by atoms with Crippen LogP contribution in [-0.4, -0.2) is 36.3 Å². The summed E-state index contributed by atoms with van der Waals surface area (Å²) in [4.78, 5) is 25.5. The summed E-state index contributed by atoms with van der Waals surface area (Å²) in [6.45, 7) is 2.04. The zero-order chi connectivity index (χ0) is 15.1. The standard InChI is InChI=1S/C15H21N3O3/c19-14-5-2-1-3-9-17(14)10-4-8-16-15(20)13-6-11-18(21)12-7-13/h6-7,11-12H,1-5,8-10H2,(H,16,20). The third-order valence-corrected chi connectivity index (χ3v) is 3.63. The van der Waals surface area contributed by atoms with E-state index < -0.39 is 0 Å². The van der Waals surface area contributed by atoms with Gasteiger partial charge in [-0.05, 0) is 19.3 Å². The van der Waals surface area contributed by atoms with Crippen molar-refractivity contribution in [3.8, 4) is 0 Å². The van der Waals surface area contributed by atoms with Gasteiger partial charge in [0.05, 0.1) is 5.56 Å². The van der Waals surface area contributed by atoms with Crippen molar-refractivity contribution < 1.29 is 14.3 Å². The molecule has 1 N–H and O–H groups in total. The smallest absolute Gasteiger partial charge is 0.251 e. The van der Waals surface area contributed by atoms with Crippen LogP contribution in [0.1, 0.15) is 42.5 Å². The van der Waals surface area contributed by atoms with Gasteiger partial charge < -0.3 is 15.4 Å². The Bertz CT molecular complexity index is 487. The first-order chi connectivity index (χ1) is 10.2. The predicted octanol–water partition coefficient (Wildman–Crippen LogP) is 0.842. The summed E-state index contributed by atoms with van der Waals surface area (Å²) in [7, 11) is 0. The average molecular weight is 291 g/mol. The molecule has 1 aliphatic rings. The van der Waals surface area contributed by atoms with Gasteiger partial charge in [-0.25, -0.2) is 0 Å². The third-order valence-electron chi connectivity index (χ3n) is 3.63. The fourth-order valence-electron chi connectivity index (χ4n) is 2.41. The molecule has 0 atom stereocenters. The van der Waals surface area contributed by atoms with E-state index in [0.29, 0.717) is 29.8 Å². The highest BCUT2D eigenvalue weighted by molar-refractivity contribution is 5.93. The van der Waals surface area contributed by atoms with Gasteiger partial charge in [0.15, 0.2) is 12.4 Å². The van der Waals surface area contributed by atoms with Gasteiger partial charge in [-0.15, -0.1) is 0 Å². The molecule has 0 radical (unpaired) electrons. The van der Waals surface area contributed by atoms with Crippen LogP contribution < -0.4 is 10.0 Å².